The molecule has 2 aliphatic rings. The van der Waals surface area contributed by atoms with Gasteiger partial charge in [0.2, 0.25) is 0 Å². The Morgan fingerprint density at radius 3 is 2.37 bits per heavy atom. The van der Waals surface area contributed by atoms with Crippen molar-refractivity contribution < 1.29 is 24.0 Å². The largest absolute Gasteiger partial charge is 1.00 e. The zero-order chi connectivity index (χ0) is 18.2. The predicted octanol–water partition coefficient (Wildman–Crippen LogP) is 3.70. The van der Waals surface area contributed by atoms with Gasteiger partial charge in [-0.25, -0.2) is 0 Å². The van der Waals surface area contributed by atoms with E-state index in [1.807, 2.05) is 0 Å². The Labute approximate surface area is 184 Å². The van der Waals surface area contributed by atoms with Gasteiger partial charge in [0.05, 0.1) is 23.2 Å². The van der Waals surface area contributed by atoms with Crippen LogP contribution >= 0.6 is 0 Å². The number of unbranched alkanes of at least 4 members (excludes halogenated alkanes) is 9. The third-order valence-corrected chi connectivity index (χ3v) is 6.87. The molecule has 2 atom stereocenters. The lowest BCUT2D eigenvalue weighted by Gasteiger charge is -2.28. The number of nitrogens with zero attached hydrogens (tertiary/aromatic N) is 1. The van der Waals surface area contributed by atoms with E-state index in [4.69, 9.17) is 0 Å². The van der Waals surface area contributed by atoms with Crippen molar-refractivity contribution in [2.45, 2.75) is 103 Å². The first-order chi connectivity index (χ1) is 12.8. The number of nitrogens with one attached hydrogen (secondary N) is 1. The maximum absolute atomic E-state index is 3.60. The van der Waals surface area contributed by atoms with Crippen LogP contribution in [0.3, 0.4) is 0 Å². The van der Waals surface area contributed by atoms with E-state index in [1.165, 1.54) is 96.4 Å². The topological polar surface area (TPSA) is 19.0 Å². The van der Waals surface area contributed by atoms with Gasteiger partial charge in [-0.3, -0.25) is 9.88 Å². The minimum atomic E-state index is 0. The van der Waals surface area contributed by atoms with Crippen LogP contribution in [0.25, 0.3) is 0 Å². The van der Waals surface area contributed by atoms with Crippen molar-refractivity contribution in [3.8, 4) is 0 Å². The Balaban J connectivity index is 0.00000261. The molecule has 3 heteroatoms. The Morgan fingerprint density at radius 1 is 1.00 bits per heavy atom. The number of rotatable bonds is 11. The highest BCUT2D eigenvalue weighted by Crippen LogP contribution is 2.44. The normalized spacial score (nSPS) is 21.6. The van der Waals surface area contributed by atoms with Crippen LogP contribution in [-0.2, 0) is 12.8 Å². The van der Waals surface area contributed by atoms with Gasteiger partial charge in [-0.15, -0.1) is 0 Å². The van der Waals surface area contributed by atoms with E-state index < -0.39 is 0 Å². The number of aromatic amines is 1. The van der Waals surface area contributed by atoms with Crippen molar-refractivity contribution in [3.63, 3.8) is 0 Å². The van der Waals surface area contributed by atoms with Gasteiger partial charge in [0.1, 0.15) is 11.9 Å². The molecule has 1 saturated heterocycles. The van der Waals surface area contributed by atoms with Crippen molar-refractivity contribution >= 4 is 0 Å². The van der Waals surface area contributed by atoms with Gasteiger partial charge < -0.3 is 24.0 Å². The fourth-order valence-electron chi connectivity index (χ4n) is 5.33. The highest BCUT2D eigenvalue weighted by molar-refractivity contribution is 5.36. The molecule has 0 bridgehead atoms. The number of halogens is 1. The summed E-state index contributed by atoms with van der Waals surface area (Å²) in [6, 6.07) is 3.07. The summed E-state index contributed by atoms with van der Waals surface area (Å²) in [7, 11) is 2.32. The molecule has 0 saturated carbocycles. The van der Waals surface area contributed by atoms with Crippen molar-refractivity contribution in [2.75, 3.05) is 13.6 Å². The SMILES string of the molecule is CCCCCCCCCCCC[c+]1[nH]ccc2c1CC[C@H]1CCN(C)[C@@H]21.[I-]. The summed E-state index contributed by atoms with van der Waals surface area (Å²) in [5.41, 5.74) is 4.85. The third-order valence-electron chi connectivity index (χ3n) is 6.87. The molecule has 1 aliphatic carbocycles. The Kier molecular flexibility index (Phi) is 10.6. The number of hydrogen-bond donors (Lipinski definition) is 1. The van der Waals surface area contributed by atoms with Gasteiger partial charge in [-0.2, -0.15) is 0 Å². The summed E-state index contributed by atoms with van der Waals surface area (Å²) in [5.74, 6) is 0.903. The Morgan fingerprint density at radius 2 is 1.67 bits per heavy atom. The van der Waals surface area contributed by atoms with E-state index in [0.29, 0.717) is 6.04 Å². The molecule has 2 nitrogen and oxygen atoms in total. The maximum Gasteiger partial charge on any atom is 0.119 e. The Bertz CT molecular complexity index is 545. The molecule has 1 aliphatic heterocycles. The number of aromatic nitrogens is 1. The zero-order valence-electron chi connectivity index (χ0n) is 17.7. The molecular weight excluding hydrogens is 443 g/mol. The minimum Gasteiger partial charge on any atom is -1.00 e. The second-order valence-corrected chi connectivity index (χ2v) is 8.83. The summed E-state index contributed by atoms with van der Waals surface area (Å²) in [4.78, 5) is 6.19. The molecule has 1 aromatic heterocycles. The fourth-order valence-corrected chi connectivity index (χ4v) is 5.33. The first kappa shape index (κ1) is 23.1. The quantitative estimate of drug-likeness (QED) is 0.288. The van der Waals surface area contributed by atoms with Crippen molar-refractivity contribution in [1.82, 2.24) is 9.88 Å². The van der Waals surface area contributed by atoms with E-state index in [-0.39, 0.29) is 24.0 Å². The smallest absolute Gasteiger partial charge is 0.119 e. The minimum absolute atomic E-state index is 0. The number of hydrogen-bond acceptors (Lipinski definition) is 1. The fraction of sp³-hybridized carbons (Fsp3) is 0.792. The maximum atomic E-state index is 3.60. The molecule has 0 aromatic carbocycles. The van der Waals surface area contributed by atoms with Gasteiger partial charge >= 0.3 is 0 Å². The molecule has 0 radical (unpaired) electrons. The molecule has 1 N–H and O–H groups in total. The predicted molar refractivity (Wildman–Crippen MR) is 113 cm³/mol. The molecule has 1 fully saturated rings. The average molecular weight is 485 g/mol. The Hall–Kier alpha value is -0.160. The van der Waals surface area contributed by atoms with Gasteiger partial charge in [0.15, 0.2) is 0 Å². The van der Waals surface area contributed by atoms with Gasteiger partial charge in [-0.05, 0) is 45.2 Å². The van der Waals surface area contributed by atoms with E-state index in [9.17, 15) is 0 Å². The number of pyridine rings is 1. The lowest BCUT2D eigenvalue weighted by atomic mass is 9.79. The zero-order valence-corrected chi connectivity index (χ0v) is 19.9. The molecular formula is C24H41IN2. The van der Waals surface area contributed by atoms with Crippen LogP contribution in [0, 0.1) is 5.92 Å². The van der Waals surface area contributed by atoms with Crippen LogP contribution in [0.5, 0.6) is 0 Å². The second-order valence-electron chi connectivity index (χ2n) is 8.83. The van der Waals surface area contributed by atoms with Crippen LogP contribution in [-0.4, -0.2) is 23.5 Å². The van der Waals surface area contributed by atoms with Crippen molar-refractivity contribution in [2.24, 2.45) is 5.92 Å². The van der Waals surface area contributed by atoms with Crippen molar-refractivity contribution in [1.29, 1.82) is 0 Å². The third kappa shape index (κ3) is 6.42. The summed E-state index contributed by atoms with van der Waals surface area (Å²) in [5, 5.41) is 0. The monoisotopic (exact) mass is 484 g/mol. The van der Waals surface area contributed by atoms with E-state index in [2.05, 4.69) is 36.1 Å². The van der Waals surface area contributed by atoms with Gasteiger partial charge in [0.25, 0.3) is 0 Å². The van der Waals surface area contributed by atoms with Crippen molar-refractivity contribution in [3.05, 3.63) is 29.1 Å². The van der Waals surface area contributed by atoms with Crippen LogP contribution in [0.15, 0.2) is 12.3 Å². The summed E-state index contributed by atoms with van der Waals surface area (Å²) < 4.78 is 0. The number of fused-ring (bicyclic) bond motifs is 3. The number of likely N-dealkylation sites (tertiary alicyclic amines) is 1. The van der Waals surface area contributed by atoms with Crippen LogP contribution < -0.4 is 24.0 Å². The molecule has 2 heterocycles. The molecule has 0 unspecified atom stereocenters. The molecule has 3 rings (SSSR count). The molecule has 27 heavy (non-hydrogen) atoms. The first-order valence-electron chi connectivity index (χ1n) is 11.5. The average Bonchev–Trinajstić information content (AvgIpc) is 3.05. The standard InChI is InChI=1S/C24H41N2.HI/c1-3-4-5-6-7-8-9-10-11-12-13-23-21-15-14-20-17-19-26(2)24(20)22(21)16-18-25-23;/h16,18,20,24-25H,3-15,17,19H2,1-2H3;1H/q+1;/p-1/t20-,24+;/m0./s1. The van der Waals surface area contributed by atoms with E-state index in [0.717, 1.165) is 5.92 Å². The summed E-state index contributed by atoms with van der Waals surface area (Å²) in [6.07, 6.45) is 21.8. The highest BCUT2D eigenvalue weighted by atomic mass is 127. The molecule has 154 valence electrons. The van der Waals surface area contributed by atoms with Crippen LogP contribution in [0.4, 0.5) is 0 Å². The van der Waals surface area contributed by atoms with E-state index >= 15 is 0 Å². The van der Waals surface area contributed by atoms with Gasteiger partial charge in [-0.1, -0.05) is 64.7 Å². The lowest BCUT2D eigenvalue weighted by Crippen LogP contribution is -3.00. The first-order valence-corrected chi connectivity index (χ1v) is 11.5. The number of aryl methyl sites for hydroxylation is 1. The highest BCUT2D eigenvalue weighted by Gasteiger charge is 2.41. The number of H-pyrrole nitrogens is 1. The van der Waals surface area contributed by atoms with Crippen LogP contribution in [0.2, 0.25) is 0 Å². The molecule has 1 aromatic rings. The van der Waals surface area contributed by atoms with Gasteiger partial charge in [0, 0.05) is 6.42 Å². The molecule has 0 spiro atoms. The summed E-state index contributed by atoms with van der Waals surface area (Å²) in [6.45, 7) is 3.58. The van der Waals surface area contributed by atoms with Crippen LogP contribution in [0.1, 0.15) is 107 Å². The second kappa shape index (κ2) is 12.4. The summed E-state index contributed by atoms with van der Waals surface area (Å²) >= 11 is 0. The molecule has 0 amide bonds. The lowest BCUT2D eigenvalue weighted by molar-refractivity contribution is -0.00000566. The van der Waals surface area contributed by atoms with E-state index in [1.54, 1.807) is 16.8 Å².